The van der Waals surface area contributed by atoms with Crippen molar-refractivity contribution in [3.8, 4) is 5.75 Å². The van der Waals surface area contributed by atoms with Gasteiger partial charge in [-0.15, -0.1) is 0 Å². The van der Waals surface area contributed by atoms with Crippen molar-refractivity contribution in [1.82, 2.24) is 10.2 Å². The number of hydrogen-bond acceptors (Lipinski definition) is 4. The quantitative estimate of drug-likeness (QED) is 0.785. The van der Waals surface area contributed by atoms with E-state index in [1.807, 2.05) is 32.0 Å². The monoisotopic (exact) mass is 348 g/mol. The molecule has 1 amide bonds. The summed E-state index contributed by atoms with van der Waals surface area (Å²) >= 11 is 0. The zero-order valence-electron chi connectivity index (χ0n) is 16.0. The Labute approximate surface area is 151 Å². The Hall–Kier alpha value is -1.59. The second kappa shape index (κ2) is 9.78. The Bertz CT molecular complexity index is 554. The zero-order valence-corrected chi connectivity index (χ0v) is 16.0. The average molecular weight is 348 g/mol. The molecule has 0 spiro atoms. The third-order valence-electron chi connectivity index (χ3n) is 4.54. The highest BCUT2D eigenvalue weighted by Crippen LogP contribution is 2.19. The van der Waals surface area contributed by atoms with Crippen LogP contribution in [0.1, 0.15) is 43.1 Å². The number of carbonyl (C=O) groups is 1. The van der Waals surface area contributed by atoms with Gasteiger partial charge in [0.1, 0.15) is 5.75 Å². The number of aryl methyl sites for hydroxylation is 1. The van der Waals surface area contributed by atoms with E-state index < -0.39 is 0 Å². The van der Waals surface area contributed by atoms with E-state index in [4.69, 9.17) is 9.47 Å². The minimum atomic E-state index is -0.0202. The van der Waals surface area contributed by atoms with Crippen molar-refractivity contribution >= 4 is 5.91 Å². The van der Waals surface area contributed by atoms with Crippen molar-refractivity contribution in [2.75, 3.05) is 39.5 Å². The molecule has 1 N–H and O–H groups in total. The first kappa shape index (κ1) is 19.7. The molecular formula is C20H32N2O3. The van der Waals surface area contributed by atoms with E-state index in [0.29, 0.717) is 30.7 Å². The van der Waals surface area contributed by atoms with Crippen LogP contribution in [0.4, 0.5) is 0 Å². The first-order valence-corrected chi connectivity index (χ1v) is 9.34. The summed E-state index contributed by atoms with van der Waals surface area (Å²) in [6.07, 6.45) is 1.07. The standard InChI is InChI=1S/C20H32N2O3/c1-5-25-19-7-6-17(13-16(19)4)20(23)21-14-18(12-15(2)3)22-8-10-24-11-9-22/h6-7,13,15,18H,5,8-12,14H2,1-4H3,(H,21,23). The number of morpholine rings is 1. The van der Waals surface area contributed by atoms with E-state index in [0.717, 1.165) is 44.0 Å². The van der Waals surface area contributed by atoms with E-state index >= 15 is 0 Å². The highest BCUT2D eigenvalue weighted by molar-refractivity contribution is 5.94. The maximum absolute atomic E-state index is 12.5. The number of nitrogens with zero attached hydrogens (tertiary/aromatic N) is 1. The summed E-state index contributed by atoms with van der Waals surface area (Å²) in [5.41, 5.74) is 1.67. The van der Waals surface area contributed by atoms with Gasteiger partial charge >= 0.3 is 0 Å². The molecule has 1 fully saturated rings. The van der Waals surface area contributed by atoms with Gasteiger partial charge in [0.05, 0.1) is 19.8 Å². The number of benzene rings is 1. The van der Waals surface area contributed by atoms with Gasteiger partial charge in [0.25, 0.3) is 5.91 Å². The maximum Gasteiger partial charge on any atom is 0.251 e. The third kappa shape index (κ3) is 6.01. The van der Waals surface area contributed by atoms with Gasteiger partial charge < -0.3 is 14.8 Å². The Morgan fingerprint density at radius 2 is 2.04 bits per heavy atom. The second-order valence-corrected chi connectivity index (χ2v) is 7.06. The lowest BCUT2D eigenvalue weighted by Crippen LogP contribution is -2.49. The van der Waals surface area contributed by atoms with Crippen LogP contribution in [-0.4, -0.2) is 56.3 Å². The highest BCUT2D eigenvalue weighted by Gasteiger charge is 2.22. The molecule has 1 aliphatic rings. The molecule has 1 unspecified atom stereocenters. The number of hydrogen-bond donors (Lipinski definition) is 1. The first-order chi connectivity index (χ1) is 12.0. The summed E-state index contributed by atoms with van der Waals surface area (Å²) in [6.45, 7) is 13.1. The number of carbonyl (C=O) groups excluding carboxylic acids is 1. The molecule has 25 heavy (non-hydrogen) atoms. The van der Waals surface area contributed by atoms with Crippen LogP contribution in [0.3, 0.4) is 0 Å². The number of ether oxygens (including phenoxy) is 2. The van der Waals surface area contributed by atoms with Crippen LogP contribution in [0.25, 0.3) is 0 Å². The molecule has 5 nitrogen and oxygen atoms in total. The molecule has 0 aliphatic carbocycles. The van der Waals surface area contributed by atoms with Crippen molar-refractivity contribution in [2.45, 2.75) is 40.2 Å². The summed E-state index contributed by atoms with van der Waals surface area (Å²) in [7, 11) is 0. The average Bonchev–Trinajstić information content (AvgIpc) is 2.60. The predicted molar refractivity (Wildman–Crippen MR) is 100 cm³/mol. The molecule has 2 rings (SSSR count). The molecular weight excluding hydrogens is 316 g/mol. The Morgan fingerprint density at radius 3 is 2.64 bits per heavy atom. The largest absolute Gasteiger partial charge is 0.494 e. The van der Waals surface area contributed by atoms with Crippen molar-refractivity contribution in [1.29, 1.82) is 0 Å². The van der Waals surface area contributed by atoms with Gasteiger partial charge in [-0.3, -0.25) is 9.69 Å². The highest BCUT2D eigenvalue weighted by atomic mass is 16.5. The summed E-state index contributed by atoms with van der Waals surface area (Å²) in [4.78, 5) is 15.0. The molecule has 0 radical (unpaired) electrons. The van der Waals surface area contributed by atoms with Crippen LogP contribution < -0.4 is 10.1 Å². The van der Waals surface area contributed by atoms with E-state index in [1.54, 1.807) is 0 Å². The van der Waals surface area contributed by atoms with E-state index in [2.05, 4.69) is 24.1 Å². The molecule has 5 heteroatoms. The van der Waals surface area contributed by atoms with Gasteiger partial charge in [-0.2, -0.15) is 0 Å². The second-order valence-electron chi connectivity index (χ2n) is 7.06. The molecule has 1 aliphatic heterocycles. The summed E-state index contributed by atoms with van der Waals surface area (Å²) in [5, 5.41) is 3.12. The van der Waals surface area contributed by atoms with Crippen molar-refractivity contribution < 1.29 is 14.3 Å². The van der Waals surface area contributed by atoms with Gasteiger partial charge in [-0.05, 0) is 49.9 Å². The molecule has 0 aromatic heterocycles. The van der Waals surface area contributed by atoms with Crippen LogP contribution in [0.2, 0.25) is 0 Å². The third-order valence-corrected chi connectivity index (χ3v) is 4.54. The molecule has 1 aromatic rings. The number of rotatable bonds is 8. The molecule has 140 valence electrons. The van der Waals surface area contributed by atoms with E-state index in [1.165, 1.54) is 0 Å². The first-order valence-electron chi connectivity index (χ1n) is 9.34. The lowest BCUT2D eigenvalue weighted by molar-refractivity contribution is 0.0124. The fraction of sp³-hybridized carbons (Fsp3) is 0.650. The lowest BCUT2D eigenvalue weighted by atomic mass is 10.0. The number of nitrogens with one attached hydrogen (secondary N) is 1. The molecule has 0 saturated carbocycles. The van der Waals surface area contributed by atoms with Crippen molar-refractivity contribution in [3.63, 3.8) is 0 Å². The molecule has 0 bridgehead atoms. The smallest absolute Gasteiger partial charge is 0.251 e. The molecule has 1 saturated heterocycles. The van der Waals surface area contributed by atoms with Crippen LogP contribution in [0, 0.1) is 12.8 Å². The van der Waals surface area contributed by atoms with Crippen LogP contribution in [0.5, 0.6) is 5.75 Å². The fourth-order valence-electron chi connectivity index (χ4n) is 3.27. The molecule has 1 aromatic carbocycles. The van der Waals surface area contributed by atoms with Gasteiger partial charge in [-0.25, -0.2) is 0 Å². The minimum Gasteiger partial charge on any atom is -0.494 e. The molecule has 1 heterocycles. The van der Waals surface area contributed by atoms with E-state index in [9.17, 15) is 4.79 Å². The van der Waals surface area contributed by atoms with Crippen LogP contribution >= 0.6 is 0 Å². The summed E-state index contributed by atoms with van der Waals surface area (Å²) in [5.74, 6) is 1.41. The lowest BCUT2D eigenvalue weighted by Gasteiger charge is -2.35. The summed E-state index contributed by atoms with van der Waals surface area (Å²) in [6, 6.07) is 5.96. The SMILES string of the molecule is CCOc1ccc(C(=O)NCC(CC(C)C)N2CCOCC2)cc1C. The maximum atomic E-state index is 12.5. The topological polar surface area (TPSA) is 50.8 Å². The fourth-order valence-corrected chi connectivity index (χ4v) is 3.27. The predicted octanol–water partition coefficient (Wildman–Crippen LogP) is 2.87. The van der Waals surface area contributed by atoms with Gasteiger partial charge in [0, 0.05) is 31.2 Å². The summed E-state index contributed by atoms with van der Waals surface area (Å²) < 4.78 is 11.0. The van der Waals surface area contributed by atoms with Crippen molar-refractivity contribution in [3.05, 3.63) is 29.3 Å². The normalized spacial score (nSPS) is 16.7. The van der Waals surface area contributed by atoms with Gasteiger partial charge in [-0.1, -0.05) is 13.8 Å². The molecule has 1 atom stereocenters. The van der Waals surface area contributed by atoms with E-state index in [-0.39, 0.29) is 5.91 Å². The van der Waals surface area contributed by atoms with Gasteiger partial charge in [0.2, 0.25) is 0 Å². The Morgan fingerprint density at radius 1 is 1.32 bits per heavy atom. The van der Waals surface area contributed by atoms with Gasteiger partial charge in [0.15, 0.2) is 0 Å². The number of amides is 1. The minimum absolute atomic E-state index is 0.0202. The zero-order chi connectivity index (χ0) is 18.2. The Kier molecular flexibility index (Phi) is 7.72. The van der Waals surface area contributed by atoms with Crippen LogP contribution in [0.15, 0.2) is 18.2 Å². The van der Waals surface area contributed by atoms with Crippen molar-refractivity contribution in [2.24, 2.45) is 5.92 Å². The van der Waals surface area contributed by atoms with Crippen LogP contribution in [-0.2, 0) is 4.74 Å². The Balaban J connectivity index is 1.96.